The van der Waals surface area contributed by atoms with Crippen LogP contribution in [0.25, 0.3) is 0 Å². The van der Waals surface area contributed by atoms with Gasteiger partial charge in [0, 0.05) is 18.5 Å². The minimum absolute atomic E-state index is 0.0432. The zero-order valence-electron chi connectivity index (χ0n) is 15.7. The summed E-state index contributed by atoms with van der Waals surface area (Å²) >= 11 is 0. The lowest BCUT2D eigenvalue weighted by molar-refractivity contribution is -0.123. The molecule has 3 atom stereocenters. The lowest BCUT2D eigenvalue weighted by atomic mass is 9.95. The molecule has 1 fully saturated rings. The summed E-state index contributed by atoms with van der Waals surface area (Å²) in [7, 11) is -3.86. The third-order valence-corrected chi connectivity index (χ3v) is 6.41. The number of hydrogen-bond donors (Lipinski definition) is 3. The molecule has 2 aliphatic heterocycles. The summed E-state index contributed by atoms with van der Waals surface area (Å²) < 4.78 is 38.9. The normalized spacial score (nSPS) is 23.9. The molecular weight excluding hydrogens is 370 g/mol. The number of piperidine rings is 1. The number of sulfonamides is 1. The van der Waals surface area contributed by atoms with Gasteiger partial charge in [-0.2, -0.15) is 4.72 Å². The van der Waals surface area contributed by atoms with E-state index in [4.69, 9.17) is 9.47 Å². The maximum atomic E-state index is 12.7. The van der Waals surface area contributed by atoms with Crippen molar-refractivity contribution in [1.82, 2.24) is 15.4 Å². The highest BCUT2D eigenvalue weighted by Crippen LogP contribution is 2.31. The van der Waals surface area contributed by atoms with Crippen molar-refractivity contribution < 1.29 is 22.7 Å². The molecule has 1 amide bonds. The molecule has 0 saturated carbocycles. The minimum Gasteiger partial charge on any atom is -0.490 e. The van der Waals surface area contributed by atoms with Crippen LogP contribution in [0.1, 0.15) is 26.7 Å². The van der Waals surface area contributed by atoms with Crippen LogP contribution in [0.4, 0.5) is 0 Å². The Morgan fingerprint density at radius 3 is 2.74 bits per heavy atom. The Balaban J connectivity index is 1.66. The SMILES string of the molecule is CC(NS(=O)(=O)c1ccc2c(c1)OCCCO2)C(=O)NC1CCNCC1C. The molecule has 1 aromatic rings. The molecule has 2 aliphatic rings. The molecule has 3 unspecified atom stereocenters. The number of fused-ring (bicyclic) bond motifs is 1. The molecule has 2 heterocycles. The van der Waals surface area contributed by atoms with E-state index in [0.717, 1.165) is 25.9 Å². The van der Waals surface area contributed by atoms with Gasteiger partial charge in [0.05, 0.1) is 24.2 Å². The molecule has 27 heavy (non-hydrogen) atoms. The Morgan fingerprint density at radius 1 is 1.26 bits per heavy atom. The van der Waals surface area contributed by atoms with Gasteiger partial charge in [-0.3, -0.25) is 4.79 Å². The topological polar surface area (TPSA) is 106 Å². The Hall–Kier alpha value is -1.84. The molecule has 3 N–H and O–H groups in total. The first-order valence-corrected chi connectivity index (χ1v) is 10.8. The Labute approximate surface area is 160 Å². The number of ether oxygens (including phenoxy) is 2. The third-order valence-electron chi connectivity index (χ3n) is 4.87. The minimum atomic E-state index is -3.86. The fourth-order valence-corrected chi connectivity index (χ4v) is 4.42. The first-order valence-electron chi connectivity index (χ1n) is 9.30. The summed E-state index contributed by atoms with van der Waals surface area (Å²) in [6, 6.07) is 3.63. The van der Waals surface area contributed by atoms with Gasteiger partial charge in [0.1, 0.15) is 0 Å². The maximum Gasteiger partial charge on any atom is 0.241 e. The van der Waals surface area contributed by atoms with Gasteiger partial charge in [0.15, 0.2) is 11.5 Å². The van der Waals surface area contributed by atoms with Gasteiger partial charge < -0.3 is 20.1 Å². The van der Waals surface area contributed by atoms with Crippen LogP contribution in [0, 0.1) is 5.92 Å². The molecule has 3 rings (SSSR count). The summed E-state index contributed by atoms with van der Waals surface area (Å²) in [5.41, 5.74) is 0. The molecule has 150 valence electrons. The van der Waals surface area contributed by atoms with E-state index in [1.54, 1.807) is 13.0 Å². The average Bonchev–Trinajstić information content (AvgIpc) is 2.88. The van der Waals surface area contributed by atoms with Gasteiger partial charge in [-0.1, -0.05) is 6.92 Å². The molecule has 1 saturated heterocycles. The van der Waals surface area contributed by atoms with Crippen LogP contribution in [0.3, 0.4) is 0 Å². The monoisotopic (exact) mass is 397 g/mol. The Morgan fingerprint density at radius 2 is 2.00 bits per heavy atom. The molecule has 8 nitrogen and oxygen atoms in total. The standard InChI is InChI=1S/C18H27N3O5S/c1-12-11-19-7-6-15(12)20-18(22)13(2)21-27(23,24)14-4-5-16-17(10-14)26-9-3-8-25-16/h4-5,10,12-13,15,19,21H,3,6-9,11H2,1-2H3,(H,20,22). The number of nitrogens with one attached hydrogen (secondary N) is 3. The van der Waals surface area contributed by atoms with Gasteiger partial charge >= 0.3 is 0 Å². The van der Waals surface area contributed by atoms with Crippen molar-refractivity contribution in [2.45, 2.75) is 43.7 Å². The van der Waals surface area contributed by atoms with Crippen LogP contribution < -0.4 is 24.8 Å². The van der Waals surface area contributed by atoms with E-state index in [2.05, 4.69) is 22.3 Å². The number of carbonyl (C=O) groups is 1. The molecule has 0 aromatic heterocycles. The van der Waals surface area contributed by atoms with E-state index >= 15 is 0 Å². The van der Waals surface area contributed by atoms with E-state index < -0.39 is 16.1 Å². The molecule has 9 heteroatoms. The van der Waals surface area contributed by atoms with E-state index in [0.29, 0.717) is 30.6 Å². The van der Waals surface area contributed by atoms with Crippen LogP contribution in [0.2, 0.25) is 0 Å². The number of hydrogen-bond acceptors (Lipinski definition) is 6. The quantitative estimate of drug-likeness (QED) is 0.673. The lowest BCUT2D eigenvalue weighted by Gasteiger charge is -2.31. The summed E-state index contributed by atoms with van der Waals surface area (Å²) in [4.78, 5) is 12.5. The molecular formula is C18H27N3O5S. The van der Waals surface area contributed by atoms with Gasteiger partial charge in [-0.05, 0) is 44.5 Å². The third kappa shape index (κ3) is 4.91. The predicted molar refractivity (Wildman–Crippen MR) is 100 cm³/mol. The number of amides is 1. The predicted octanol–water partition coefficient (Wildman–Crippen LogP) is 0.629. The Kier molecular flexibility index (Phi) is 6.23. The zero-order chi connectivity index (χ0) is 19.4. The average molecular weight is 397 g/mol. The first kappa shape index (κ1) is 19.9. The fourth-order valence-electron chi connectivity index (χ4n) is 3.20. The largest absolute Gasteiger partial charge is 0.490 e. The van der Waals surface area contributed by atoms with E-state index in [1.165, 1.54) is 12.1 Å². The number of benzene rings is 1. The van der Waals surface area contributed by atoms with Crippen LogP contribution in [-0.4, -0.2) is 52.7 Å². The van der Waals surface area contributed by atoms with Gasteiger partial charge in [-0.25, -0.2) is 8.42 Å². The van der Waals surface area contributed by atoms with Crippen LogP contribution in [0.15, 0.2) is 23.1 Å². The second kappa shape index (κ2) is 8.45. The maximum absolute atomic E-state index is 12.7. The number of rotatable bonds is 5. The van der Waals surface area contributed by atoms with Gasteiger partial charge in [0.25, 0.3) is 0 Å². The van der Waals surface area contributed by atoms with Gasteiger partial charge in [0.2, 0.25) is 15.9 Å². The second-order valence-corrected chi connectivity index (χ2v) is 8.80. The highest BCUT2D eigenvalue weighted by molar-refractivity contribution is 7.89. The summed E-state index contributed by atoms with van der Waals surface area (Å²) in [6.45, 7) is 6.28. The molecule has 0 radical (unpaired) electrons. The first-order chi connectivity index (χ1) is 12.9. The van der Waals surface area contributed by atoms with Crippen molar-refractivity contribution in [1.29, 1.82) is 0 Å². The van der Waals surface area contributed by atoms with Crippen LogP contribution in [-0.2, 0) is 14.8 Å². The summed E-state index contributed by atoms with van der Waals surface area (Å²) in [5.74, 6) is 0.896. The lowest BCUT2D eigenvalue weighted by Crippen LogP contribution is -2.53. The van der Waals surface area contributed by atoms with Crippen molar-refractivity contribution in [2.24, 2.45) is 5.92 Å². The smallest absolute Gasteiger partial charge is 0.241 e. The molecule has 1 aromatic carbocycles. The Bertz CT molecular complexity index is 783. The highest BCUT2D eigenvalue weighted by atomic mass is 32.2. The molecule has 0 bridgehead atoms. The van der Waals surface area contributed by atoms with E-state index in [-0.39, 0.29) is 16.8 Å². The van der Waals surface area contributed by atoms with Crippen molar-refractivity contribution in [2.75, 3.05) is 26.3 Å². The number of carbonyl (C=O) groups excluding carboxylic acids is 1. The van der Waals surface area contributed by atoms with Crippen LogP contribution >= 0.6 is 0 Å². The highest BCUT2D eigenvalue weighted by Gasteiger charge is 2.28. The van der Waals surface area contributed by atoms with Crippen molar-refractivity contribution >= 4 is 15.9 Å². The fraction of sp³-hybridized carbons (Fsp3) is 0.611. The zero-order valence-corrected chi connectivity index (χ0v) is 16.5. The van der Waals surface area contributed by atoms with Crippen molar-refractivity contribution in [3.05, 3.63) is 18.2 Å². The molecule has 0 spiro atoms. The summed E-state index contributed by atoms with van der Waals surface area (Å²) in [5, 5.41) is 6.22. The van der Waals surface area contributed by atoms with Crippen molar-refractivity contribution in [3.63, 3.8) is 0 Å². The molecule has 0 aliphatic carbocycles. The van der Waals surface area contributed by atoms with Crippen LogP contribution in [0.5, 0.6) is 11.5 Å². The van der Waals surface area contributed by atoms with E-state index in [1.807, 2.05) is 0 Å². The van der Waals surface area contributed by atoms with E-state index in [9.17, 15) is 13.2 Å². The van der Waals surface area contributed by atoms with Gasteiger partial charge in [-0.15, -0.1) is 0 Å². The second-order valence-electron chi connectivity index (χ2n) is 7.09. The summed E-state index contributed by atoms with van der Waals surface area (Å²) in [6.07, 6.45) is 1.57. The van der Waals surface area contributed by atoms with Crippen molar-refractivity contribution in [3.8, 4) is 11.5 Å².